The van der Waals surface area contributed by atoms with Gasteiger partial charge in [0.05, 0.1) is 11.4 Å². The zero-order chi connectivity index (χ0) is 45.8. The summed E-state index contributed by atoms with van der Waals surface area (Å²) in [6.07, 6.45) is 40.1. The van der Waals surface area contributed by atoms with Crippen LogP contribution in [-0.2, 0) is 10.8 Å². The average molecular weight is 844 g/mol. The Morgan fingerprint density at radius 3 is 2.23 bits per heavy atom. The van der Waals surface area contributed by atoms with Crippen molar-refractivity contribution in [2.24, 2.45) is 11.3 Å². The molecule has 2 aliphatic rings. The summed E-state index contributed by atoms with van der Waals surface area (Å²) in [6, 6.07) is 5.06. The number of fused-ring (bicyclic) bond motifs is 4. The van der Waals surface area contributed by atoms with Crippen molar-refractivity contribution in [2.75, 3.05) is 11.4 Å². The summed E-state index contributed by atoms with van der Waals surface area (Å²) in [5.74, 6) is 2.77. The van der Waals surface area contributed by atoms with E-state index >= 15 is 0 Å². The maximum atomic E-state index is 4.49. The lowest BCUT2D eigenvalue weighted by atomic mass is 9.63. The van der Waals surface area contributed by atoms with E-state index in [4.69, 9.17) is 0 Å². The fourth-order valence-electron chi connectivity index (χ4n) is 8.32. The quantitative estimate of drug-likeness (QED) is 0.123. The Bertz CT molecular complexity index is 2290. The molecule has 0 amide bonds. The Morgan fingerprint density at radius 2 is 1.65 bits per heavy atom. The molecule has 0 bridgehead atoms. The van der Waals surface area contributed by atoms with Gasteiger partial charge >= 0.3 is 0 Å². The van der Waals surface area contributed by atoms with Gasteiger partial charge in [0.1, 0.15) is 0 Å². The van der Waals surface area contributed by atoms with Crippen LogP contribution in [0.3, 0.4) is 0 Å². The van der Waals surface area contributed by atoms with Gasteiger partial charge in [-0.25, -0.2) is 0 Å². The van der Waals surface area contributed by atoms with E-state index in [-0.39, 0.29) is 16.2 Å². The number of rotatable bonds is 16. The van der Waals surface area contributed by atoms with Crippen LogP contribution in [0.2, 0.25) is 0 Å². The molecule has 62 heavy (non-hydrogen) atoms. The first-order chi connectivity index (χ1) is 29.4. The first kappa shape index (κ1) is 49.9. The molecule has 0 saturated heterocycles. The molecule has 1 unspecified atom stereocenters. The van der Waals surface area contributed by atoms with Crippen molar-refractivity contribution in [2.45, 2.75) is 126 Å². The van der Waals surface area contributed by atoms with Crippen molar-refractivity contribution in [1.82, 2.24) is 4.90 Å². The van der Waals surface area contributed by atoms with Gasteiger partial charge < -0.3 is 9.80 Å². The summed E-state index contributed by atoms with van der Waals surface area (Å²) in [7, 11) is 2.33. The van der Waals surface area contributed by atoms with Crippen molar-refractivity contribution in [3.8, 4) is 0 Å². The summed E-state index contributed by atoms with van der Waals surface area (Å²) in [5.41, 5.74) is 11.6. The van der Waals surface area contributed by atoms with Gasteiger partial charge in [0.25, 0.3) is 0 Å². The highest BCUT2D eigenvalue weighted by Crippen LogP contribution is 2.49. The number of allylic oxidation sites excluding steroid dienone is 18. The molecule has 1 aliphatic carbocycles. The topological polar surface area (TPSA) is 6.48 Å². The van der Waals surface area contributed by atoms with Gasteiger partial charge in [-0.3, -0.25) is 0 Å². The van der Waals surface area contributed by atoms with Crippen molar-refractivity contribution < 1.29 is 0 Å². The fraction of sp³-hybridized carbons (Fsp3) is 0.379. The molecule has 1 atom stereocenters. The van der Waals surface area contributed by atoms with Crippen LogP contribution >= 0.6 is 11.3 Å². The SMILES string of the molecule is C=C/C=C1\C=C\N(C(/C=C/C)=C(C=C)\C(C=C)=C\C=C\C)C(/C=C\C(=C)C(C)(C)C)=C\[B]c2sc3cc4c(cc3c2N1C/C=C\C(=C/C)C(C)CCCC)C(C)(C)CCC4(C)C. The standard InChI is InChI=1S/C58H76BN2S/c1-17-24-29-42(8)44(21-5)31-26-37-61-46(27-19-3)34-38-60(52(28-20-4)48(23-7)45(22-6)30-25-18-2)47(33-32-43(9)56(10,11)12)41-59-55-54(61)49-39-50-51(40-53(49)62-55)58(15,16)36-35-57(50,13)14/h18-23,25-28,30-34,38-42H,3,6-7,9,17,24,29,35-37H2,1-2,4-5,8,10-16H3/b25-18+,28-20+,31-26-,33-32-,38-34+,44-21+,45-30+,46-27+,47-41-,52-48-. The van der Waals surface area contributed by atoms with E-state index < -0.39 is 0 Å². The predicted molar refractivity (Wildman–Crippen MR) is 282 cm³/mol. The van der Waals surface area contributed by atoms with Gasteiger partial charge in [-0.2, -0.15) is 0 Å². The molecule has 327 valence electrons. The van der Waals surface area contributed by atoms with Crippen molar-refractivity contribution >= 4 is 39.2 Å². The number of thiophene rings is 1. The van der Waals surface area contributed by atoms with Crippen LogP contribution in [0.25, 0.3) is 10.1 Å². The molecule has 1 aromatic carbocycles. The van der Waals surface area contributed by atoms with Crippen molar-refractivity contribution in [3.63, 3.8) is 0 Å². The normalized spacial score (nSPS) is 20.3. The third kappa shape index (κ3) is 11.8. The van der Waals surface area contributed by atoms with E-state index in [1.54, 1.807) is 0 Å². The van der Waals surface area contributed by atoms with E-state index in [2.05, 4.69) is 205 Å². The molecule has 2 aromatic rings. The second kappa shape index (κ2) is 22.0. The molecule has 0 N–H and O–H groups in total. The van der Waals surface area contributed by atoms with Crippen molar-refractivity contribution in [1.29, 1.82) is 0 Å². The van der Waals surface area contributed by atoms with Crippen LogP contribution in [0.15, 0.2) is 181 Å². The zero-order valence-electron chi connectivity index (χ0n) is 40.5. The third-order valence-corrected chi connectivity index (χ3v) is 13.7. The molecule has 0 fully saturated rings. The number of benzene rings is 1. The molecular formula is C58H76BN2S. The van der Waals surface area contributed by atoms with E-state index in [9.17, 15) is 0 Å². The first-order valence-corrected chi connectivity index (χ1v) is 23.6. The van der Waals surface area contributed by atoms with Gasteiger partial charge in [-0.05, 0) is 131 Å². The lowest BCUT2D eigenvalue weighted by Crippen LogP contribution is -2.33. The van der Waals surface area contributed by atoms with Crippen LogP contribution in [0.1, 0.15) is 126 Å². The van der Waals surface area contributed by atoms with Gasteiger partial charge in [-0.1, -0.05) is 174 Å². The molecule has 4 rings (SSSR count). The molecule has 2 heterocycles. The minimum atomic E-state index is -0.0925. The average Bonchev–Trinajstić information content (AvgIpc) is 3.59. The fourth-order valence-corrected chi connectivity index (χ4v) is 9.45. The van der Waals surface area contributed by atoms with Crippen LogP contribution in [0.4, 0.5) is 5.69 Å². The smallest absolute Gasteiger partial charge is 0.200 e. The predicted octanol–water partition coefficient (Wildman–Crippen LogP) is 16.3. The van der Waals surface area contributed by atoms with Crippen molar-refractivity contribution in [3.05, 3.63) is 192 Å². The van der Waals surface area contributed by atoms with Gasteiger partial charge in [-0.15, -0.1) is 11.3 Å². The molecule has 1 radical (unpaired) electrons. The van der Waals surface area contributed by atoms with Crippen LogP contribution in [0, 0.1) is 11.3 Å². The van der Waals surface area contributed by atoms with E-state index in [1.165, 1.54) is 62.9 Å². The highest BCUT2D eigenvalue weighted by molar-refractivity contribution is 7.28. The number of unbranched alkanes of at least 4 members (excludes halogenated alkanes) is 1. The van der Waals surface area contributed by atoms with E-state index in [0.29, 0.717) is 12.5 Å². The van der Waals surface area contributed by atoms with E-state index in [0.717, 1.165) is 40.2 Å². The number of anilines is 1. The minimum Gasteiger partial charge on any atom is -0.337 e. The Morgan fingerprint density at radius 1 is 0.952 bits per heavy atom. The highest BCUT2D eigenvalue weighted by atomic mass is 32.1. The molecule has 0 saturated carbocycles. The summed E-state index contributed by atoms with van der Waals surface area (Å²) in [4.78, 5) is 4.77. The summed E-state index contributed by atoms with van der Waals surface area (Å²) in [5, 5.41) is 1.29. The molecule has 1 aromatic heterocycles. The van der Waals surface area contributed by atoms with E-state index in [1.807, 2.05) is 48.6 Å². The molecule has 0 spiro atoms. The van der Waals surface area contributed by atoms with Gasteiger partial charge in [0, 0.05) is 39.8 Å². The zero-order valence-corrected chi connectivity index (χ0v) is 41.3. The maximum absolute atomic E-state index is 4.49. The lowest BCUT2D eigenvalue weighted by molar-refractivity contribution is 0.332. The second-order valence-electron chi connectivity index (χ2n) is 19.1. The summed E-state index contributed by atoms with van der Waals surface area (Å²) in [6.45, 7) is 45.2. The molecule has 1 aliphatic heterocycles. The second-order valence-corrected chi connectivity index (χ2v) is 20.1. The number of hydrogen-bond acceptors (Lipinski definition) is 3. The Kier molecular flexibility index (Phi) is 17.7. The first-order valence-electron chi connectivity index (χ1n) is 22.8. The Labute approximate surface area is 383 Å². The monoisotopic (exact) mass is 844 g/mol. The number of hydrogen-bond donors (Lipinski definition) is 0. The maximum Gasteiger partial charge on any atom is 0.200 e. The molecule has 2 nitrogen and oxygen atoms in total. The summed E-state index contributed by atoms with van der Waals surface area (Å²) >= 11 is 1.89. The number of nitrogens with zero attached hydrogens (tertiary/aromatic N) is 2. The molecule has 4 heteroatoms. The molecular weight excluding hydrogens is 768 g/mol. The largest absolute Gasteiger partial charge is 0.337 e. The Hall–Kier alpha value is -4.80. The van der Waals surface area contributed by atoms with Crippen LogP contribution < -0.4 is 9.68 Å². The van der Waals surface area contributed by atoms with Crippen LogP contribution in [0.5, 0.6) is 0 Å². The highest BCUT2D eigenvalue weighted by Gasteiger charge is 2.38. The minimum absolute atomic E-state index is 0.0747. The lowest BCUT2D eigenvalue weighted by Gasteiger charge is -2.42. The summed E-state index contributed by atoms with van der Waals surface area (Å²) < 4.78 is 2.52. The van der Waals surface area contributed by atoms with Gasteiger partial charge in [0.2, 0.25) is 7.28 Å². The van der Waals surface area contributed by atoms with Gasteiger partial charge in [0.15, 0.2) is 0 Å². The van der Waals surface area contributed by atoms with Crippen LogP contribution in [-0.4, -0.2) is 18.7 Å². The Balaban J connectivity index is 2.17. The third-order valence-electron chi connectivity index (χ3n) is 12.6.